The lowest BCUT2D eigenvalue weighted by Crippen LogP contribution is -2.37. The molecule has 10 nitrogen and oxygen atoms in total. The maximum Gasteiger partial charge on any atom is 0.167 e. The minimum atomic E-state index is -1.11. The number of ether oxygens (including phenoxy) is 1. The first-order valence-electron chi connectivity index (χ1n) is 7.64. The molecule has 0 aliphatic carbocycles. The zero-order valence-corrected chi connectivity index (χ0v) is 13.0. The number of nitrogens with zero attached hydrogens (tertiary/aromatic N) is 4. The van der Waals surface area contributed by atoms with Gasteiger partial charge < -0.3 is 31.7 Å². The van der Waals surface area contributed by atoms with Crippen LogP contribution in [0.3, 0.4) is 0 Å². The van der Waals surface area contributed by atoms with Crippen molar-refractivity contribution in [3.63, 3.8) is 0 Å². The first-order valence-corrected chi connectivity index (χ1v) is 7.64. The molecule has 2 aromatic rings. The summed E-state index contributed by atoms with van der Waals surface area (Å²) in [6.45, 7) is 1.46. The van der Waals surface area contributed by atoms with Crippen molar-refractivity contribution in [2.45, 2.75) is 24.5 Å². The topological polar surface area (TPSA) is 157 Å². The number of nitrogens with one attached hydrogen (secondary N) is 1. The molecule has 0 unspecified atom stereocenters. The molecule has 3 heterocycles. The largest absolute Gasteiger partial charge is 0.387 e. The Morgan fingerprint density at radius 1 is 1.25 bits per heavy atom. The van der Waals surface area contributed by atoms with E-state index in [0.29, 0.717) is 30.8 Å². The molecule has 0 aromatic carbocycles. The molecule has 0 radical (unpaired) electrons. The molecule has 1 aliphatic rings. The lowest BCUT2D eigenvalue weighted by Gasteiger charge is -2.16. The van der Waals surface area contributed by atoms with Gasteiger partial charge in [0.1, 0.15) is 30.2 Å². The summed E-state index contributed by atoms with van der Waals surface area (Å²) in [5, 5.41) is 23.6. The van der Waals surface area contributed by atoms with Gasteiger partial charge >= 0.3 is 0 Å². The number of nitrogens with two attached hydrogens (primary N) is 2. The van der Waals surface area contributed by atoms with E-state index in [2.05, 4.69) is 20.3 Å². The van der Waals surface area contributed by atoms with E-state index in [9.17, 15) is 10.2 Å². The Morgan fingerprint density at radius 3 is 2.88 bits per heavy atom. The minimum Gasteiger partial charge on any atom is -0.387 e. The van der Waals surface area contributed by atoms with Crippen LogP contribution in [0.4, 0.5) is 5.82 Å². The van der Waals surface area contributed by atoms with Crippen LogP contribution in [0.25, 0.3) is 11.2 Å². The SMILES string of the molecule is NC/C=C\CNC[C@H]1O[C@@H](n2cnc3c(N)ncnc32)[C@H](O)[C@@H]1O. The third-order valence-electron chi connectivity index (χ3n) is 3.91. The van der Waals surface area contributed by atoms with Gasteiger partial charge in [-0.1, -0.05) is 12.2 Å². The van der Waals surface area contributed by atoms with Crippen molar-refractivity contribution in [3.8, 4) is 0 Å². The van der Waals surface area contributed by atoms with Crippen LogP contribution in [0.1, 0.15) is 6.23 Å². The van der Waals surface area contributed by atoms with Crippen LogP contribution in [0, 0.1) is 0 Å². The van der Waals surface area contributed by atoms with E-state index in [1.54, 1.807) is 4.57 Å². The van der Waals surface area contributed by atoms with Gasteiger partial charge in [0, 0.05) is 19.6 Å². The number of rotatable bonds is 6. The monoisotopic (exact) mass is 335 g/mol. The highest BCUT2D eigenvalue weighted by atomic mass is 16.6. The van der Waals surface area contributed by atoms with Gasteiger partial charge in [0.2, 0.25) is 0 Å². The zero-order valence-electron chi connectivity index (χ0n) is 13.0. The summed E-state index contributed by atoms with van der Waals surface area (Å²) in [6.07, 6.45) is 3.00. The van der Waals surface area contributed by atoms with E-state index in [-0.39, 0.29) is 5.82 Å². The molecule has 0 bridgehead atoms. The molecule has 0 spiro atoms. The van der Waals surface area contributed by atoms with Crippen LogP contribution in [0.15, 0.2) is 24.8 Å². The Balaban J connectivity index is 1.72. The minimum absolute atomic E-state index is 0.247. The number of fused-ring (bicyclic) bond motifs is 1. The van der Waals surface area contributed by atoms with E-state index < -0.39 is 24.5 Å². The fraction of sp³-hybridized carbons (Fsp3) is 0.500. The molecule has 10 heteroatoms. The molecular weight excluding hydrogens is 314 g/mol. The second-order valence-corrected chi connectivity index (χ2v) is 5.49. The fourth-order valence-corrected chi connectivity index (χ4v) is 2.67. The predicted molar refractivity (Wildman–Crippen MR) is 86.7 cm³/mol. The summed E-state index contributed by atoms with van der Waals surface area (Å²) in [5.74, 6) is 0.247. The summed E-state index contributed by atoms with van der Waals surface area (Å²) < 4.78 is 7.35. The summed E-state index contributed by atoms with van der Waals surface area (Å²) >= 11 is 0. The van der Waals surface area contributed by atoms with Gasteiger partial charge in [0.25, 0.3) is 0 Å². The van der Waals surface area contributed by atoms with Crippen molar-refractivity contribution in [1.82, 2.24) is 24.8 Å². The molecule has 1 aliphatic heterocycles. The number of aliphatic hydroxyl groups excluding tert-OH is 2. The molecule has 1 fully saturated rings. The molecule has 4 atom stereocenters. The Kier molecular flexibility index (Phi) is 5.02. The van der Waals surface area contributed by atoms with Crippen molar-refractivity contribution in [3.05, 3.63) is 24.8 Å². The van der Waals surface area contributed by atoms with Crippen LogP contribution in [-0.2, 0) is 4.74 Å². The normalized spacial score (nSPS) is 27.5. The van der Waals surface area contributed by atoms with Crippen molar-refractivity contribution < 1.29 is 14.9 Å². The Labute approximate surface area is 138 Å². The molecule has 7 N–H and O–H groups in total. The van der Waals surface area contributed by atoms with Gasteiger partial charge in [-0.05, 0) is 0 Å². The predicted octanol–water partition coefficient (Wildman–Crippen LogP) is -1.87. The van der Waals surface area contributed by atoms with Crippen molar-refractivity contribution in [2.24, 2.45) is 5.73 Å². The van der Waals surface area contributed by atoms with Crippen LogP contribution < -0.4 is 16.8 Å². The first-order chi connectivity index (χ1) is 11.6. The summed E-state index contributed by atoms with van der Waals surface area (Å²) in [7, 11) is 0. The maximum atomic E-state index is 10.3. The smallest absolute Gasteiger partial charge is 0.167 e. The van der Waals surface area contributed by atoms with E-state index in [4.69, 9.17) is 16.2 Å². The van der Waals surface area contributed by atoms with E-state index in [0.717, 1.165) is 0 Å². The summed E-state index contributed by atoms with van der Waals surface area (Å²) in [6, 6.07) is 0. The second-order valence-electron chi connectivity index (χ2n) is 5.49. The highest BCUT2D eigenvalue weighted by Gasteiger charge is 2.44. The molecule has 130 valence electrons. The third kappa shape index (κ3) is 3.09. The van der Waals surface area contributed by atoms with Gasteiger partial charge in [-0.2, -0.15) is 0 Å². The van der Waals surface area contributed by atoms with Crippen molar-refractivity contribution in [1.29, 1.82) is 0 Å². The van der Waals surface area contributed by atoms with Crippen molar-refractivity contribution in [2.75, 3.05) is 25.4 Å². The Bertz CT molecular complexity index is 719. The van der Waals surface area contributed by atoms with Gasteiger partial charge in [0.05, 0.1) is 6.33 Å². The number of aromatic nitrogens is 4. The second kappa shape index (κ2) is 7.20. The standard InChI is InChI=1S/C14H21N7O3/c15-3-1-2-4-17-5-8-10(22)11(23)14(24-8)21-7-20-9-12(16)18-6-19-13(9)21/h1-2,6-8,10-11,14,17,22-23H,3-5,15H2,(H2,16,18,19)/b2-1-/t8-,10-,11-,14-/m1/s1. The number of imidazole rings is 1. The lowest BCUT2D eigenvalue weighted by atomic mass is 10.1. The Hall–Kier alpha value is -2.11. The van der Waals surface area contributed by atoms with Gasteiger partial charge in [-0.25, -0.2) is 15.0 Å². The summed E-state index contributed by atoms with van der Waals surface area (Å²) in [5.41, 5.74) is 12.0. The fourth-order valence-electron chi connectivity index (χ4n) is 2.67. The average molecular weight is 335 g/mol. The Morgan fingerprint density at radius 2 is 2.08 bits per heavy atom. The highest BCUT2D eigenvalue weighted by molar-refractivity contribution is 5.81. The lowest BCUT2D eigenvalue weighted by molar-refractivity contribution is -0.0339. The maximum absolute atomic E-state index is 10.3. The van der Waals surface area contributed by atoms with Gasteiger partial charge in [0.15, 0.2) is 17.7 Å². The molecule has 2 aromatic heterocycles. The zero-order chi connectivity index (χ0) is 17.1. The van der Waals surface area contributed by atoms with Crippen LogP contribution >= 0.6 is 0 Å². The van der Waals surface area contributed by atoms with Crippen molar-refractivity contribution >= 4 is 17.0 Å². The van der Waals surface area contributed by atoms with E-state index in [1.165, 1.54) is 12.7 Å². The van der Waals surface area contributed by atoms with Gasteiger partial charge in [-0.15, -0.1) is 0 Å². The molecule has 1 saturated heterocycles. The molecule has 0 saturated carbocycles. The quantitative estimate of drug-likeness (QED) is 0.301. The average Bonchev–Trinajstić information content (AvgIpc) is 3.12. The highest BCUT2D eigenvalue weighted by Crippen LogP contribution is 2.31. The number of aliphatic hydroxyl groups is 2. The van der Waals surface area contributed by atoms with Gasteiger partial charge in [-0.3, -0.25) is 4.57 Å². The molecular formula is C14H21N7O3. The van der Waals surface area contributed by atoms with Crippen LogP contribution in [-0.4, -0.2) is 67.7 Å². The molecule has 3 rings (SSSR count). The van der Waals surface area contributed by atoms with E-state index in [1.807, 2.05) is 12.2 Å². The molecule has 24 heavy (non-hydrogen) atoms. The van der Waals surface area contributed by atoms with Crippen LogP contribution in [0.2, 0.25) is 0 Å². The third-order valence-corrected chi connectivity index (χ3v) is 3.91. The number of hydrogen-bond acceptors (Lipinski definition) is 9. The van der Waals surface area contributed by atoms with Crippen LogP contribution in [0.5, 0.6) is 0 Å². The number of nitrogen functional groups attached to an aromatic ring is 1. The first kappa shape index (κ1) is 16.7. The summed E-state index contributed by atoms with van der Waals surface area (Å²) in [4.78, 5) is 12.1. The number of hydrogen-bond donors (Lipinski definition) is 5. The van der Waals surface area contributed by atoms with E-state index >= 15 is 0 Å². The molecule has 0 amide bonds. The number of anilines is 1.